The molecule has 6 heteroatoms. The van der Waals surface area contributed by atoms with E-state index in [4.69, 9.17) is 10.5 Å². The molecule has 0 saturated heterocycles. The maximum atomic E-state index is 12.2. The number of aromatic nitrogens is 1. The van der Waals surface area contributed by atoms with Crippen molar-refractivity contribution in [1.82, 2.24) is 4.98 Å². The third-order valence-electron chi connectivity index (χ3n) is 2.81. The van der Waals surface area contributed by atoms with Gasteiger partial charge >= 0.3 is 0 Å². The maximum Gasteiger partial charge on any atom is 0.258 e. The van der Waals surface area contributed by atoms with E-state index in [0.717, 1.165) is 5.56 Å². The molecule has 1 amide bonds. The first-order valence-corrected chi connectivity index (χ1v) is 6.67. The molecule has 0 aliphatic carbocycles. The van der Waals surface area contributed by atoms with E-state index in [0.29, 0.717) is 27.3 Å². The molecule has 2 aromatic rings. The summed E-state index contributed by atoms with van der Waals surface area (Å²) < 4.78 is 5.80. The number of carbonyl (C=O) groups is 1. The number of nitrogens with one attached hydrogen (secondary N) is 1. The van der Waals surface area contributed by atoms with Gasteiger partial charge < -0.3 is 15.8 Å². The minimum atomic E-state index is -0.271. The maximum absolute atomic E-state index is 12.2. The molecule has 3 N–H and O–H groups in total. The molecule has 20 heavy (non-hydrogen) atoms. The number of nitrogens with zero attached hydrogens (tertiary/aromatic N) is 1. The van der Waals surface area contributed by atoms with Gasteiger partial charge in [-0.25, -0.2) is 4.98 Å². The van der Waals surface area contributed by atoms with E-state index in [9.17, 15) is 4.79 Å². The van der Waals surface area contributed by atoms with Gasteiger partial charge in [-0.05, 0) is 52.7 Å². The largest absolute Gasteiger partial charge is 0.497 e. The number of hydrogen-bond acceptors (Lipinski definition) is 4. The smallest absolute Gasteiger partial charge is 0.258 e. The Labute approximate surface area is 125 Å². The van der Waals surface area contributed by atoms with Crippen molar-refractivity contribution in [2.24, 2.45) is 0 Å². The number of methoxy groups -OCH3 is 1. The van der Waals surface area contributed by atoms with Crippen LogP contribution in [-0.2, 0) is 0 Å². The number of pyridine rings is 1. The summed E-state index contributed by atoms with van der Waals surface area (Å²) in [6.45, 7) is 1.86. The van der Waals surface area contributed by atoms with Crippen LogP contribution in [0.25, 0.3) is 0 Å². The number of aryl methyl sites for hydroxylation is 1. The van der Waals surface area contributed by atoms with Crippen LogP contribution in [0.4, 0.5) is 11.5 Å². The topological polar surface area (TPSA) is 77.2 Å². The molecule has 0 bridgehead atoms. The third kappa shape index (κ3) is 3.08. The number of anilines is 2. The van der Waals surface area contributed by atoms with Crippen LogP contribution in [-0.4, -0.2) is 18.0 Å². The lowest BCUT2D eigenvalue weighted by Crippen LogP contribution is -2.14. The van der Waals surface area contributed by atoms with Crippen LogP contribution in [0.1, 0.15) is 15.9 Å². The molecule has 2 rings (SSSR count). The first-order chi connectivity index (χ1) is 9.51. The Bertz CT molecular complexity index is 659. The normalized spacial score (nSPS) is 10.2. The van der Waals surface area contributed by atoms with Gasteiger partial charge in [0.25, 0.3) is 5.91 Å². The van der Waals surface area contributed by atoms with E-state index < -0.39 is 0 Å². The Kier molecular flexibility index (Phi) is 4.24. The van der Waals surface area contributed by atoms with Crippen LogP contribution < -0.4 is 15.8 Å². The lowest BCUT2D eigenvalue weighted by molar-refractivity contribution is 0.102. The fourth-order valence-corrected chi connectivity index (χ4v) is 2.05. The predicted octanol–water partition coefficient (Wildman–Crippen LogP) is 3.00. The molecule has 0 radical (unpaired) electrons. The highest BCUT2D eigenvalue weighted by atomic mass is 79.9. The van der Waals surface area contributed by atoms with Crippen LogP contribution in [0.15, 0.2) is 34.9 Å². The quantitative estimate of drug-likeness (QED) is 0.903. The number of benzene rings is 1. The standard InChI is InChI=1S/C14H14BrN3O2/c1-8-5-13(17-7-12(8)16)18-14(19)10-6-9(20-2)3-4-11(10)15/h3-7H,16H2,1-2H3,(H,17,18,19). The Morgan fingerprint density at radius 1 is 1.40 bits per heavy atom. The minimum absolute atomic E-state index is 0.271. The zero-order valence-electron chi connectivity index (χ0n) is 11.1. The van der Waals surface area contributed by atoms with Crippen molar-refractivity contribution in [3.8, 4) is 5.75 Å². The molecule has 0 unspecified atom stereocenters. The molecule has 0 saturated carbocycles. The molecule has 104 valence electrons. The molecule has 0 aliphatic heterocycles. The molecular formula is C14H14BrN3O2. The molecule has 1 aromatic carbocycles. The van der Waals surface area contributed by atoms with E-state index in [2.05, 4.69) is 26.2 Å². The van der Waals surface area contributed by atoms with Gasteiger partial charge in [0.05, 0.1) is 24.6 Å². The van der Waals surface area contributed by atoms with Crippen LogP contribution in [0, 0.1) is 6.92 Å². The number of carbonyl (C=O) groups excluding carboxylic acids is 1. The second kappa shape index (κ2) is 5.92. The van der Waals surface area contributed by atoms with Gasteiger partial charge in [0, 0.05) is 4.47 Å². The van der Waals surface area contributed by atoms with E-state index in [-0.39, 0.29) is 5.91 Å². The molecule has 1 heterocycles. The number of hydrogen-bond donors (Lipinski definition) is 2. The molecule has 1 aromatic heterocycles. The van der Waals surface area contributed by atoms with Gasteiger partial charge in [-0.15, -0.1) is 0 Å². The lowest BCUT2D eigenvalue weighted by Gasteiger charge is -2.09. The van der Waals surface area contributed by atoms with E-state index in [1.54, 1.807) is 31.4 Å². The molecule has 5 nitrogen and oxygen atoms in total. The summed E-state index contributed by atoms with van der Waals surface area (Å²) in [4.78, 5) is 16.3. The van der Waals surface area contributed by atoms with Gasteiger partial charge in [-0.2, -0.15) is 0 Å². The lowest BCUT2D eigenvalue weighted by atomic mass is 10.2. The second-order valence-electron chi connectivity index (χ2n) is 4.23. The number of nitrogen functional groups attached to an aromatic ring is 1. The Hall–Kier alpha value is -2.08. The number of amides is 1. The first-order valence-electron chi connectivity index (χ1n) is 5.88. The fourth-order valence-electron chi connectivity index (χ4n) is 1.62. The highest BCUT2D eigenvalue weighted by Crippen LogP contribution is 2.23. The number of ether oxygens (including phenoxy) is 1. The summed E-state index contributed by atoms with van der Waals surface area (Å²) in [5.74, 6) is 0.795. The van der Waals surface area contributed by atoms with E-state index in [1.807, 2.05) is 6.92 Å². The van der Waals surface area contributed by atoms with Crippen LogP contribution in [0.3, 0.4) is 0 Å². The SMILES string of the molecule is COc1ccc(Br)c(C(=O)Nc2cc(C)c(N)cn2)c1. The molecule has 0 atom stereocenters. The summed E-state index contributed by atoms with van der Waals surface area (Å²) in [6, 6.07) is 6.91. The van der Waals surface area contributed by atoms with Gasteiger partial charge in [-0.3, -0.25) is 4.79 Å². The van der Waals surface area contributed by atoms with Crippen LogP contribution >= 0.6 is 15.9 Å². The van der Waals surface area contributed by atoms with Crippen molar-refractivity contribution < 1.29 is 9.53 Å². The highest BCUT2D eigenvalue weighted by Gasteiger charge is 2.12. The fraction of sp³-hybridized carbons (Fsp3) is 0.143. The average Bonchev–Trinajstić information content (AvgIpc) is 2.43. The second-order valence-corrected chi connectivity index (χ2v) is 5.08. The van der Waals surface area contributed by atoms with E-state index in [1.165, 1.54) is 6.20 Å². The highest BCUT2D eigenvalue weighted by molar-refractivity contribution is 9.10. The average molecular weight is 336 g/mol. The van der Waals surface area contributed by atoms with Crippen LogP contribution in [0.5, 0.6) is 5.75 Å². The van der Waals surface area contributed by atoms with Crippen molar-refractivity contribution in [2.75, 3.05) is 18.2 Å². The number of rotatable bonds is 3. The van der Waals surface area contributed by atoms with E-state index >= 15 is 0 Å². The van der Waals surface area contributed by atoms with Gasteiger partial charge in [0.15, 0.2) is 0 Å². The van der Waals surface area contributed by atoms with Crippen molar-refractivity contribution in [3.63, 3.8) is 0 Å². The van der Waals surface area contributed by atoms with Crippen LogP contribution in [0.2, 0.25) is 0 Å². The van der Waals surface area contributed by atoms with Gasteiger partial charge in [0.1, 0.15) is 11.6 Å². The minimum Gasteiger partial charge on any atom is -0.497 e. The number of halogens is 1. The summed E-state index contributed by atoms with van der Waals surface area (Å²) in [6.07, 6.45) is 1.52. The molecule has 0 spiro atoms. The van der Waals surface area contributed by atoms with Crippen molar-refractivity contribution >= 4 is 33.3 Å². The third-order valence-corrected chi connectivity index (χ3v) is 3.50. The Morgan fingerprint density at radius 3 is 2.80 bits per heavy atom. The molecular weight excluding hydrogens is 322 g/mol. The summed E-state index contributed by atoms with van der Waals surface area (Å²) >= 11 is 3.34. The van der Waals surface area contributed by atoms with Gasteiger partial charge in [0.2, 0.25) is 0 Å². The van der Waals surface area contributed by atoms with Gasteiger partial charge in [-0.1, -0.05) is 0 Å². The zero-order chi connectivity index (χ0) is 14.7. The first kappa shape index (κ1) is 14.3. The van der Waals surface area contributed by atoms with Crippen molar-refractivity contribution in [1.29, 1.82) is 0 Å². The predicted molar refractivity (Wildman–Crippen MR) is 82.0 cm³/mol. The Morgan fingerprint density at radius 2 is 2.15 bits per heavy atom. The number of nitrogens with two attached hydrogens (primary N) is 1. The summed E-state index contributed by atoms with van der Waals surface area (Å²) in [5, 5.41) is 2.73. The van der Waals surface area contributed by atoms with Crippen molar-refractivity contribution in [2.45, 2.75) is 6.92 Å². The monoisotopic (exact) mass is 335 g/mol. The summed E-state index contributed by atoms with van der Waals surface area (Å²) in [7, 11) is 1.55. The summed E-state index contributed by atoms with van der Waals surface area (Å²) in [5.41, 5.74) is 7.62. The Balaban J connectivity index is 2.25. The zero-order valence-corrected chi connectivity index (χ0v) is 12.7. The molecule has 0 aliphatic rings. The molecule has 0 fully saturated rings. The van der Waals surface area contributed by atoms with Crippen molar-refractivity contribution in [3.05, 3.63) is 46.1 Å².